The summed E-state index contributed by atoms with van der Waals surface area (Å²) in [5, 5.41) is 2.73. The van der Waals surface area contributed by atoms with E-state index in [4.69, 9.17) is 0 Å². The van der Waals surface area contributed by atoms with Crippen LogP contribution in [0.25, 0.3) is 0 Å². The Labute approximate surface area is 135 Å². The van der Waals surface area contributed by atoms with Crippen LogP contribution in [0.15, 0.2) is 24.3 Å². The zero-order valence-electron chi connectivity index (χ0n) is 13.6. The van der Waals surface area contributed by atoms with Crippen LogP contribution in [0.4, 0.5) is 19.7 Å². The van der Waals surface area contributed by atoms with Crippen molar-refractivity contribution in [1.82, 2.24) is 14.7 Å². The van der Waals surface area contributed by atoms with Crippen LogP contribution in [-0.4, -0.2) is 66.0 Å². The van der Waals surface area contributed by atoms with E-state index in [2.05, 4.69) is 5.32 Å². The number of benzene rings is 1. The van der Waals surface area contributed by atoms with Crippen LogP contribution in [0.1, 0.15) is 13.8 Å². The van der Waals surface area contributed by atoms with Gasteiger partial charge in [0.2, 0.25) is 0 Å². The van der Waals surface area contributed by atoms with Crippen LogP contribution < -0.4 is 5.32 Å². The van der Waals surface area contributed by atoms with Crippen LogP contribution in [0.5, 0.6) is 0 Å². The minimum atomic E-state index is -0.341. The molecule has 1 aliphatic heterocycles. The molecular formula is C16H23FN4O2. The molecule has 1 aliphatic rings. The van der Waals surface area contributed by atoms with Crippen molar-refractivity contribution in [2.75, 3.05) is 44.6 Å². The van der Waals surface area contributed by atoms with Crippen molar-refractivity contribution in [1.29, 1.82) is 0 Å². The van der Waals surface area contributed by atoms with Crippen molar-refractivity contribution in [2.24, 2.45) is 0 Å². The number of hydrogen-bond acceptors (Lipinski definition) is 2. The van der Waals surface area contributed by atoms with E-state index in [9.17, 15) is 14.0 Å². The van der Waals surface area contributed by atoms with Crippen molar-refractivity contribution >= 4 is 17.7 Å². The Kier molecular flexibility index (Phi) is 5.78. The lowest BCUT2D eigenvalue weighted by Crippen LogP contribution is -2.54. The highest BCUT2D eigenvalue weighted by Gasteiger charge is 2.26. The summed E-state index contributed by atoms with van der Waals surface area (Å²) in [5.74, 6) is -0.341. The molecule has 6 nitrogen and oxygen atoms in total. The van der Waals surface area contributed by atoms with E-state index >= 15 is 0 Å². The van der Waals surface area contributed by atoms with E-state index in [1.165, 1.54) is 24.3 Å². The predicted molar refractivity (Wildman–Crippen MR) is 86.9 cm³/mol. The maximum absolute atomic E-state index is 12.9. The summed E-state index contributed by atoms with van der Waals surface area (Å²) in [5.41, 5.74) is 0.554. The lowest BCUT2D eigenvalue weighted by Gasteiger charge is -2.37. The summed E-state index contributed by atoms with van der Waals surface area (Å²) in [6, 6.07) is 5.44. The normalized spacial score (nSPS) is 14.6. The molecule has 1 fully saturated rings. The van der Waals surface area contributed by atoms with Gasteiger partial charge in [0.15, 0.2) is 0 Å². The quantitative estimate of drug-likeness (QED) is 0.929. The van der Waals surface area contributed by atoms with Crippen molar-refractivity contribution in [3.63, 3.8) is 0 Å². The molecule has 1 N–H and O–H groups in total. The fourth-order valence-corrected chi connectivity index (χ4v) is 2.53. The van der Waals surface area contributed by atoms with E-state index in [1.807, 2.05) is 13.8 Å². The molecule has 126 valence electrons. The number of hydrogen-bond donors (Lipinski definition) is 1. The Morgan fingerprint density at radius 2 is 1.57 bits per heavy atom. The number of nitrogens with zero attached hydrogens (tertiary/aromatic N) is 3. The van der Waals surface area contributed by atoms with Gasteiger partial charge in [-0.1, -0.05) is 0 Å². The standard InChI is InChI=1S/C16H23FN4O2/c1-3-19(4-2)16(23)21-11-9-20(10-12-21)15(22)18-14-7-5-13(17)6-8-14/h5-8H,3-4,9-12H2,1-2H3,(H,18,22). The molecule has 4 amide bonds. The van der Waals surface area contributed by atoms with Crippen molar-refractivity contribution in [3.05, 3.63) is 30.1 Å². The lowest BCUT2D eigenvalue weighted by molar-refractivity contribution is 0.125. The van der Waals surface area contributed by atoms with E-state index in [0.29, 0.717) is 45.0 Å². The fraction of sp³-hybridized carbons (Fsp3) is 0.500. The number of nitrogens with one attached hydrogen (secondary N) is 1. The number of carbonyl (C=O) groups excluding carboxylic acids is 2. The topological polar surface area (TPSA) is 55.9 Å². The summed E-state index contributed by atoms with van der Waals surface area (Å²) < 4.78 is 12.9. The van der Waals surface area contributed by atoms with E-state index < -0.39 is 0 Å². The third-order valence-electron chi connectivity index (χ3n) is 3.97. The van der Waals surface area contributed by atoms with Crippen molar-refractivity contribution < 1.29 is 14.0 Å². The van der Waals surface area contributed by atoms with Gasteiger partial charge in [0.1, 0.15) is 5.82 Å². The van der Waals surface area contributed by atoms with Crippen LogP contribution in [-0.2, 0) is 0 Å². The molecule has 1 heterocycles. The molecule has 1 saturated heterocycles. The molecule has 0 aromatic heterocycles. The summed E-state index contributed by atoms with van der Waals surface area (Å²) in [6.45, 7) is 7.28. The third kappa shape index (κ3) is 4.34. The highest BCUT2D eigenvalue weighted by molar-refractivity contribution is 5.89. The summed E-state index contributed by atoms with van der Waals surface area (Å²) in [4.78, 5) is 29.6. The monoisotopic (exact) mass is 322 g/mol. The summed E-state index contributed by atoms with van der Waals surface area (Å²) >= 11 is 0. The summed E-state index contributed by atoms with van der Waals surface area (Å²) in [7, 11) is 0. The maximum atomic E-state index is 12.9. The molecule has 1 aromatic rings. The molecule has 0 saturated carbocycles. The fourth-order valence-electron chi connectivity index (χ4n) is 2.53. The number of halogens is 1. The van der Waals surface area contributed by atoms with Crippen LogP contribution >= 0.6 is 0 Å². The summed E-state index contributed by atoms with van der Waals surface area (Å²) in [6.07, 6.45) is 0. The van der Waals surface area contributed by atoms with Crippen molar-refractivity contribution in [3.8, 4) is 0 Å². The van der Waals surface area contributed by atoms with Gasteiger partial charge in [0.25, 0.3) is 0 Å². The first-order chi connectivity index (χ1) is 11.0. The molecule has 0 spiro atoms. The van der Waals surface area contributed by atoms with Gasteiger partial charge in [-0.3, -0.25) is 0 Å². The van der Waals surface area contributed by atoms with Gasteiger partial charge in [0, 0.05) is 45.0 Å². The van der Waals surface area contributed by atoms with Gasteiger partial charge < -0.3 is 20.0 Å². The molecule has 0 bridgehead atoms. The average Bonchev–Trinajstić information content (AvgIpc) is 2.58. The molecule has 1 aromatic carbocycles. The second-order valence-corrected chi connectivity index (χ2v) is 5.37. The predicted octanol–water partition coefficient (Wildman–Crippen LogP) is 2.44. The van der Waals surface area contributed by atoms with Crippen LogP contribution in [0, 0.1) is 5.82 Å². The van der Waals surface area contributed by atoms with Crippen molar-refractivity contribution in [2.45, 2.75) is 13.8 Å². The van der Waals surface area contributed by atoms with Gasteiger partial charge in [-0.25, -0.2) is 14.0 Å². The molecule has 0 aliphatic carbocycles. The Morgan fingerprint density at radius 3 is 2.09 bits per heavy atom. The number of amides is 4. The highest BCUT2D eigenvalue weighted by Crippen LogP contribution is 2.11. The van der Waals surface area contributed by atoms with Gasteiger partial charge >= 0.3 is 12.1 Å². The zero-order chi connectivity index (χ0) is 16.8. The molecule has 0 unspecified atom stereocenters. The molecule has 23 heavy (non-hydrogen) atoms. The Morgan fingerprint density at radius 1 is 1.04 bits per heavy atom. The highest BCUT2D eigenvalue weighted by atomic mass is 19.1. The first kappa shape index (κ1) is 17.1. The van der Waals surface area contributed by atoms with E-state index in [1.54, 1.807) is 14.7 Å². The van der Waals surface area contributed by atoms with E-state index in [-0.39, 0.29) is 17.9 Å². The Bertz CT molecular complexity index is 538. The second-order valence-electron chi connectivity index (χ2n) is 5.37. The molecular weight excluding hydrogens is 299 g/mol. The van der Waals surface area contributed by atoms with Gasteiger partial charge in [0.05, 0.1) is 0 Å². The number of piperazine rings is 1. The maximum Gasteiger partial charge on any atom is 0.321 e. The SMILES string of the molecule is CCN(CC)C(=O)N1CCN(C(=O)Nc2ccc(F)cc2)CC1. The number of carbonyl (C=O) groups is 2. The average molecular weight is 322 g/mol. The molecule has 0 radical (unpaired) electrons. The van der Waals surface area contributed by atoms with Gasteiger partial charge in [-0.2, -0.15) is 0 Å². The number of rotatable bonds is 3. The Balaban J connectivity index is 1.85. The largest absolute Gasteiger partial charge is 0.325 e. The zero-order valence-corrected chi connectivity index (χ0v) is 13.6. The minimum Gasteiger partial charge on any atom is -0.325 e. The second kappa shape index (κ2) is 7.80. The first-order valence-electron chi connectivity index (χ1n) is 7.90. The molecule has 2 rings (SSSR count). The van der Waals surface area contributed by atoms with Gasteiger partial charge in [-0.15, -0.1) is 0 Å². The molecule has 7 heteroatoms. The Hall–Kier alpha value is -2.31. The smallest absolute Gasteiger partial charge is 0.321 e. The first-order valence-corrected chi connectivity index (χ1v) is 7.90. The molecule has 0 atom stereocenters. The number of anilines is 1. The number of urea groups is 2. The van der Waals surface area contributed by atoms with Gasteiger partial charge in [-0.05, 0) is 38.1 Å². The van der Waals surface area contributed by atoms with Crippen LogP contribution in [0.2, 0.25) is 0 Å². The lowest BCUT2D eigenvalue weighted by atomic mass is 10.3. The third-order valence-corrected chi connectivity index (χ3v) is 3.97. The minimum absolute atomic E-state index is 0.0218. The van der Waals surface area contributed by atoms with E-state index in [0.717, 1.165) is 0 Å². The van der Waals surface area contributed by atoms with Crippen LogP contribution in [0.3, 0.4) is 0 Å².